The number of nitrogen functional groups attached to an aromatic ring is 1. The number of phenols is 2. The second-order valence-corrected chi connectivity index (χ2v) is 15.1. The van der Waals surface area contributed by atoms with E-state index in [0.29, 0.717) is 42.1 Å². The summed E-state index contributed by atoms with van der Waals surface area (Å²) in [5, 5.41) is 49.8. The number of thiazole rings is 1. The van der Waals surface area contributed by atoms with E-state index >= 15 is 0 Å². The van der Waals surface area contributed by atoms with Gasteiger partial charge in [-0.05, 0) is 46.9 Å². The molecule has 1 saturated heterocycles. The first-order valence-corrected chi connectivity index (χ1v) is 18.7. The molecule has 0 saturated carbocycles. The van der Waals surface area contributed by atoms with Gasteiger partial charge in [-0.15, -0.1) is 28.2 Å². The van der Waals surface area contributed by atoms with E-state index in [-0.39, 0.29) is 58.1 Å². The van der Waals surface area contributed by atoms with Crippen molar-refractivity contribution in [1.29, 1.82) is 0 Å². The van der Waals surface area contributed by atoms with Gasteiger partial charge in [0.1, 0.15) is 23.7 Å². The van der Waals surface area contributed by atoms with Crippen molar-refractivity contribution in [2.24, 2.45) is 21.3 Å². The number of quaternary nitrogens is 1. The van der Waals surface area contributed by atoms with Gasteiger partial charge in [0.05, 0.1) is 49.0 Å². The van der Waals surface area contributed by atoms with Crippen LogP contribution < -0.4 is 56.9 Å². The molecule has 23 heteroatoms. The quantitative estimate of drug-likeness (QED) is 0.0109. The number of nitrogens with two attached hydrogens (primary N) is 2. The number of phenolic OH excluding ortho intramolecular Hbond substituents is 2. The molecule has 3 aliphatic heterocycles. The molecule has 55 heavy (non-hydrogen) atoms. The van der Waals surface area contributed by atoms with Crippen LogP contribution in [0.1, 0.15) is 54.1 Å². The largest absolute Gasteiger partial charge is 1.00 e. The van der Waals surface area contributed by atoms with E-state index in [1.807, 2.05) is 13.8 Å². The van der Waals surface area contributed by atoms with E-state index in [0.717, 1.165) is 27.9 Å². The number of carboxylic acid groups (broad SMARTS) is 1. The Morgan fingerprint density at radius 2 is 1.89 bits per heavy atom. The van der Waals surface area contributed by atoms with Gasteiger partial charge in [0.2, 0.25) is 0 Å². The van der Waals surface area contributed by atoms with Crippen molar-refractivity contribution in [3.05, 3.63) is 45.6 Å². The number of imide groups is 1. The molecule has 1 fully saturated rings. The number of hydrogen-bond donors (Lipinski definition) is 6. The third-order valence-electron chi connectivity index (χ3n) is 9.69. The molecule has 4 heterocycles. The Hall–Kier alpha value is -4.32. The van der Waals surface area contributed by atoms with E-state index in [1.54, 1.807) is 7.05 Å². The van der Waals surface area contributed by atoms with Gasteiger partial charge < -0.3 is 46.3 Å². The third-order valence-corrected chi connectivity index (χ3v) is 11.7. The third kappa shape index (κ3) is 8.30. The maximum Gasteiger partial charge on any atom is 1.00 e. The molecular weight excluding hydrogens is 770 g/mol. The van der Waals surface area contributed by atoms with E-state index in [2.05, 4.69) is 31.1 Å². The summed E-state index contributed by atoms with van der Waals surface area (Å²) >= 11 is 2.41. The number of β-lactam (4-membered cyclic amide) rings is 1. The smallest absolute Gasteiger partial charge is 0.546 e. The number of rotatable bonds is 16. The number of nitrogens with zero attached hydrogens (tertiary/aromatic N) is 7. The number of carboxylic acids is 1. The van der Waals surface area contributed by atoms with Crippen LogP contribution in [0.4, 0.5) is 5.13 Å². The number of carbonyl (C=O) groups excluding carboxylic acids is 5. The van der Waals surface area contributed by atoms with Gasteiger partial charge in [-0.2, -0.15) is 0 Å². The van der Waals surface area contributed by atoms with Crippen molar-refractivity contribution < 1.29 is 78.2 Å². The fourth-order valence-electron chi connectivity index (χ4n) is 6.34. The van der Waals surface area contributed by atoms with Crippen molar-refractivity contribution in [1.82, 2.24) is 25.4 Å². The van der Waals surface area contributed by atoms with Crippen LogP contribution in [0, 0.1) is 0 Å². The number of oxime groups is 1. The zero-order chi connectivity index (χ0) is 39.7. The summed E-state index contributed by atoms with van der Waals surface area (Å²) in [6.07, 6.45) is -0.855. The average molecular weight is 811 g/mol. The standard InChI is InChI=1S/C32H41N11O9S2.Na/c1-6-43(7-2,11-10-41-26(47)16-8-9-18(44)23(45)19(16)27(41)48)12-15-13-53-29-21(28(49)42(29)22(15)24(35-5)38-40-34)37-25(46)20(17-14-54-31(33)36-17)39-52-32(3,4)30(50)51;/h8-9,14,21,24,29,35H,6-7,10-13H2,1-5H3,(H7-,33,34,36,37,38,39,40,44,45,46,47,48,50,51);/q;+1/t21-,24?,29-;/m1./s1. The van der Waals surface area contributed by atoms with Gasteiger partial charge in [0.25, 0.3) is 23.6 Å². The van der Waals surface area contributed by atoms with Crippen molar-refractivity contribution in [2.75, 3.05) is 51.3 Å². The van der Waals surface area contributed by atoms with Crippen molar-refractivity contribution in [3.8, 4) is 11.5 Å². The molecule has 0 spiro atoms. The average Bonchev–Trinajstić information content (AvgIpc) is 3.68. The molecule has 0 radical (unpaired) electrons. The van der Waals surface area contributed by atoms with Crippen LogP contribution in [0.3, 0.4) is 0 Å². The summed E-state index contributed by atoms with van der Waals surface area (Å²) in [6, 6.07) is 1.42. The second kappa shape index (κ2) is 17.2. The van der Waals surface area contributed by atoms with Crippen LogP contribution in [0.25, 0.3) is 0 Å². The predicted molar refractivity (Wildman–Crippen MR) is 193 cm³/mol. The van der Waals surface area contributed by atoms with Crippen LogP contribution >= 0.6 is 23.1 Å². The molecule has 4 amide bonds. The minimum atomic E-state index is -1.90. The molecule has 0 aliphatic carbocycles. The second-order valence-electron chi connectivity index (χ2n) is 13.1. The van der Waals surface area contributed by atoms with Gasteiger partial charge in [0.15, 0.2) is 34.1 Å². The van der Waals surface area contributed by atoms with E-state index < -0.39 is 70.0 Å². The summed E-state index contributed by atoms with van der Waals surface area (Å²) < 4.78 is 0.381. The maximum atomic E-state index is 13.9. The first-order valence-electron chi connectivity index (χ1n) is 16.7. The zero-order valence-corrected chi connectivity index (χ0v) is 34.7. The minimum absolute atomic E-state index is 0. The number of fused-ring (bicyclic) bond motifs is 2. The summed E-state index contributed by atoms with van der Waals surface area (Å²) in [5.74, 6) is 0.520. The minimum Gasteiger partial charge on any atom is -0.546 e. The molecule has 2 aromatic rings. The summed E-state index contributed by atoms with van der Waals surface area (Å²) in [7, 11) is 1.62. The van der Waals surface area contributed by atoms with Gasteiger partial charge in [-0.25, -0.2) is 4.98 Å². The summed E-state index contributed by atoms with van der Waals surface area (Å²) in [4.78, 5) is 77.2. The Kier molecular flexibility index (Phi) is 13.6. The summed E-state index contributed by atoms with van der Waals surface area (Å²) in [5.41, 5.74) is 4.54. The van der Waals surface area contributed by atoms with Crippen LogP contribution in [0.5, 0.6) is 11.5 Å². The molecule has 1 aromatic carbocycles. The molecule has 290 valence electrons. The number of anilines is 1. The molecule has 5 rings (SSSR count). The van der Waals surface area contributed by atoms with E-state index in [9.17, 15) is 39.3 Å². The number of amides is 4. The Morgan fingerprint density at radius 1 is 1.20 bits per heavy atom. The number of nitrogens with one attached hydrogen (secondary N) is 2. The first-order chi connectivity index (χ1) is 25.5. The van der Waals surface area contributed by atoms with Gasteiger partial charge >= 0.3 is 29.6 Å². The Labute approximate surface area is 345 Å². The van der Waals surface area contributed by atoms with Crippen LogP contribution in [0.15, 0.2) is 44.3 Å². The zero-order valence-electron chi connectivity index (χ0n) is 31.1. The SMILES string of the molecule is CC[N+](CC)(CCN1C(=O)c2ccc(O)c(O)c2C1=O)CC1=C(C(/N=N\N)NC)N2C(=O)[C@@H](NC(=O)/C(=N\OC(C)(C)C(=O)[O-])c3csc(N)n3)[C@H]2SC1.[Na+]. The molecule has 1 unspecified atom stereocenters. The van der Waals surface area contributed by atoms with Crippen LogP contribution in [-0.4, -0.2) is 133 Å². The number of aromatic nitrogens is 1. The van der Waals surface area contributed by atoms with Crippen LogP contribution in [0.2, 0.25) is 0 Å². The number of carbonyl (C=O) groups is 5. The van der Waals surface area contributed by atoms with Gasteiger partial charge in [0, 0.05) is 16.7 Å². The Morgan fingerprint density at radius 3 is 2.47 bits per heavy atom. The molecular formula is C32H41N11NaO9S2+. The van der Waals surface area contributed by atoms with E-state index in [1.165, 1.54) is 42.0 Å². The molecule has 3 aliphatic rings. The van der Waals surface area contributed by atoms with E-state index in [4.69, 9.17) is 16.4 Å². The van der Waals surface area contributed by atoms with Gasteiger partial charge in [-0.1, -0.05) is 10.4 Å². The van der Waals surface area contributed by atoms with Gasteiger partial charge in [-0.3, -0.25) is 34.3 Å². The number of aliphatic carboxylic acids is 1. The monoisotopic (exact) mass is 810 g/mol. The van der Waals surface area contributed by atoms with Crippen LogP contribution in [-0.2, 0) is 19.2 Å². The number of likely N-dealkylation sites (N-methyl/N-ethyl adjacent to an activating group) is 2. The maximum absolute atomic E-state index is 13.9. The molecule has 8 N–H and O–H groups in total. The summed E-state index contributed by atoms with van der Waals surface area (Å²) in [6.45, 7) is 8.19. The first kappa shape index (κ1) is 43.4. The molecule has 3 atom stereocenters. The number of thioether (sulfide) groups is 1. The number of benzene rings is 1. The Balaban J connectivity index is 0.00000673. The van der Waals surface area contributed by atoms with Crippen molar-refractivity contribution in [3.63, 3.8) is 0 Å². The van der Waals surface area contributed by atoms with Crippen molar-refractivity contribution >= 4 is 63.5 Å². The topological polar surface area (TPSA) is 291 Å². The van der Waals surface area contributed by atoms with Crippen molar-refractivity contribution in [2.45, 2.75) is 50.9 Å². The number of aromatic hydroxyl groups is 2. The molecule has 0 bridgehead atoms. The number of hydrogen-bond acceptors (Lipinski definition) is 17. The fraction of sp³-hybridized carbons (Fsp3) is 0.469. The normalized spacial score (nSPS) is 19.2. The molecule has 1 aromatic heterocycles. The fourth-order valence-corrected chi connectivity index (χ4v) is 8.24. The Bertz CT molecular complexity index is 1970. The molecule has 20 nitrogen and oxygen atoms in total. The predicted octanol–water partition coefficient (Wildman–Crippen LogP) is -3.93.